The fraction of sp³-hybridized carbons (Fsp3) is 0.188. The summed E-state index contributed by atoms with van der Waals surface area (Å²) in [5.41, 5.74) is 8.77. The van der Waals surface area contributed by atoms with Gasteiger partial charge in [-0.25, -0.2) is 0 Å². The number of amides is 1. The summed E-state index contributed by atoms with van der Waals surface area (Å²) >= 11 is 0. The lowest BCUT2D eigenvalue weighted by Gasteiger charge is -2.12. The highest BCUT2D eigenvalue weighted by Crippen LogP contribution is 2.19. The molecule has 19 heavy (non-hydrogen) atoms. The van der Waals surface area contributed by atoms with Crippen LogP contribution in [0, 0.1) is 0 Å². The topological polar surface area (TPSA) is 55.1 Å². The molecule has 98 valence electrons. The largest absolute Gasteiger partial charge is 0.368 e. The van der Waals surface area contributed by atoms with Gasteiger partial charge in [-0.05, 0) is 30.2 Å². The van der Waals surface area contributed by atoms with E-state index in [1.807, 2.05) is 30.3 Å². The molecule has 3 nitrogen and oxygen atoms in total. The predicted octanol–water partition coefficient (Wildman–Crippen LogP) is 1.97. The highest BCUT2D eigenvalue weighted by Gasteiger charge is 2.12. The van der Waals surface area contributed by atoms with Crippen molar-refractivity contribution in [3.8, 4) is 11.1 Å². The second kappa shape index (κ2) is 6.16. The zero-order valence-corrected chi connectivity index (χ0v) is 11.0. The van der Waals surface area contributed by atoms with E-state index in [0.717, 1.165) is 5.56 Å². The number of hydrogen-bond acceptors (Lipinski definition) is 2. The van der Waals surface area contributed by atoms with Gasteiger partial charge < -0.3 is 11.1 Å². The maximum atomic E-state index is 11.2. The Hall–Kier alpha value is -2.13. The second-order valence-electron chi connectivity index (χ2n) is 4.51. The first-order chi connectivity index (χ1) is 9.20. The Labute approximate surface area is 113 Å². The van der Waals surface area contributed by atoms with Gasteiger partial charge in [0.2, 0.25) is 5.91 Å². The first-order valence-corrected chi connectivity index (χ1v) is 6.31. The smallest absolute Gasteiger partial charge is 0.234 e. The molecular weight excluding hydrogens is 236 g/mol. The molecular formula is C16H18N2O. The molecule has 1 atom stereocenters. The van der Waals surface area contributed by atoms with E-state index in [9.17, 15) is 4.79 Å². The van der Waals surface area contributed by atoms with Crippen LogP contribution in [0.25, 0.3) is 11.1 Å². The summed E-state index contributed by atoms with van der Waals surface area (Å²) in [7, 11) is 1.74. The van der Waals surface area contributed by atoms with Gasteiger partial charge in [0.05, 0.1) is 6.04 Å². The van der Waals surface area contributed by atoms with Gasteiger partial charge in [-0.2, -0.15) is 0 Å². The summed E-state index contributed by atoms with van der Waals surface area (Å²) in [6.45, 7) is 0. The molecule has 0 fully saturated rings. The van der Waals surface area contributed by atoms with Crippen molar-refractivity contribution in [3.63, 3.8) is 0 Å². The predicted molar refractivity (Wildman–Crippen MR) is 77.6 cm³/mol. The molecule has 1 amide bonds. The van der Waals surface area contributed by atoms with Crippen molar-refractivity contribution in [2.24, 2.45) is 5.73 Å². The first kappa shape index (κ1) is 13.3. The molecule has 0 aliphatic heterocycles. The van der Waals surface area contributed by atoms with Crippen molar-refractivity contribution in [1.82, 2.24) is 5.32 Å². The number of hydrogen-bond donors (Lipinski definition) is 2. The van der Waals surface area contributed by atoms with Crippen molar-refractivity contribution < 1.29 is 4.79 Å². The van der Waals surface area contributed by atoms with Crippen LogP contribution in [0.15, 0.2) is 54.6 Å². The second-order valence-corrected chi connectivity index (χ2v) is 4.51. The van der Waals surface area contributed by atoms with Gasteiger partial charge in [0.25, 0.3) is 0 Å². The average molecular weight is 254 g/mol. The van der Waals surface area contributed by atoms with Gasteiger partial charge >= 0.3 is 0 Å². The Bertz CT molecular complexity index is 534. The molecule has 2 rings (SSSR count). The molecule has 0 aromatic heterocycles. The summed E-state index contributed by atoms with van der Waals surface area (Å²) in [6, 6.07) is 18.1. The zero-order valence-electron chi connectivity index (χ0n) is 11.0. The van der Waals surface area contributed by atoms with Gasteiger partial charge in [-0.1, -0.05) is 54.6 Å². The van der Waals surface area contributed by atoms with E-state index in [1.165, 1.54) is 11.1 Å². The van der Waals surface area contributed by atoms with Crippen molar-refractivity contribution in [2.75, 3.05) is 7.05 Å². The summed E-state index contributed by atoms with van der Waals surface area (Å²) < 4.78 is 0. The van der Waals surface area contributed by atoms with E-state index in [4.69, 9.17) is 5.73 Å². The fourth-order valence-electron chi connectivity index (χ4n) is 2.04. The zero-order chi connectivity index (χ0) is 13.7. The van der Waals surface area contributed by atoms with Gasteiger partial charge in [-0.15, -0.1) is 0 Å². The van der Waals surface area contributed by atoms with Crippen LogP contribution in [-0.4, -0.2) is 19.0 Å². The molecule has 0 aliphatic rings. The van der Waals surface area contributed by atoms with Crippen LogP contribution < -0.4 is 11.1 Å². The van der Waals surface area contributed by atoms with Crippen LogP contribution in [0.2, 0.25) is 0 Å². The molecule has 2 aromatic carbocycles. The van der Waals surface area contributed by atoms with Crippen molar-refractivity contribution in [2.45, 2.75) is 12.5 Å². The lowest BCUT2D eigenvalue weighted by molar-refractivity contribution is -0.119. The van der Waals surface area contributed by atoms with Crippen LogP contribution in [-0.2, 0) is 11.2 Å². The Morgan fingerprint density at radius 2 is 1.63 bits per heavy atom. The van der Waals surface area contributed by atoms with E-state index in [0.29, 0.717) is 6.42 Å². The van der Waals surface area contributed by atoms with E-state index in [-0.39, 0.29) is 11.9 Å². The normalized spacial score (nSPS) is 12.1. The number of likely N-dealkylation sites (N-methyl/N-ethyl adjacent to an activating group) is 1. The van der Waals surface area contributed by atoms with Crippen LogP contribution in [0.1, 0.15) is 5.56 Å². The molecule has 0 radical (unpaired) electrons. The third kappa shape index (κ3) is 3.42. The highest BCUT2D eigenvalue weighted by atomic mass is 16.1. The minimum Gasteiger partial charge on any atom is -0.368 e. The third-order valence-corrected chi connectivity index (χ3v) is 3.19. The van der Waals surface area contributed by atoms with E-state index in [2.05, 4.69) is 29.6 Å². The molecule has 3 N–H and O–H groups in total. The first-order valence-electron chi connectivity index (χ1n) is 6.31. The molecule has 0 heterocycles. The Morgan fingerprint density at radius 1 is 1.05 bits per heavy atom. The summed E-state index contributed by atoms with van der Waals surface area (Å²) in [4.78, 5) is 11.2. The minimum absolute atomic E-state index is 0.317. The van der Waals surface area contributed by atoms with Crippen LogP contribution in [0.4, 0.5) is 0 Å². The number of nitrogens with two attached hydrogens (primary N) is 1. The molecule has 0 spiro atoms. The lowest BCUT2D eigenvalue weighted by Crippen LogP contribution is -2.40. The number of benzene rings is 2. The molecule has 0 aliphatic carbocycles. The average Bonchev–Trinajstić information content (AvgIpc) is 2.46. The van der Waals surface area contributed by atoms with Crippen molar-refractivity contribution in [3.05, 3.63) is 60.2 Å². The summed E-state index contributed by atoms with van der Waals surface area (Å²) in [5.74, 6) is -0.324. The lowest BCUT2D eigenvalue weighted by atomic mass is 10.0. The van der Waals surface area contributed by atoms with Crippen LogP contribution in [0.3, 0.4) is 0 Å². The fourth-order valence-corrected chi connectivity index (χ4v) is 2.04. The standard InChI is InChI=1S/C16H18N2O/c1-18-15(16(17)19)11-12-7-9-14(10-8-12)13-5-3-2-4-6-13/h2-10,15,18H,11H2,1H3,(H2,17,19)/t15-/m1/s1. The van der Waals surface area contributed by atoms with Gasteiger partial charge in [-0.3, -0.25) is 4.79 Å². The minimum atomic E-state index is -0.324. The van der Waals surface area contributed by atoms with Gasteiger partial charge in [0.15, 0.2) is 0 Å². The molecule has 0 bridgehead atoms. The molecule has 0 saturated heterocycles. The quantitative estimate of drug-likeness (QED) is 0.857. The SMILES string of the molecule is CN[C@H](Cc1ccc(-c2ccccc2)cc1)C(N)=O. The number of rotatable bonds is 5. The number of nitrogens with one attached hydrogen (secondary N) is 1. The van der Waals surface area contributed by atoms with E-state index < -0.39 is 0 Å². The monoisotopic (exact) mass is 254 g/mol. The molecule has 0 saturated carbocycles. The third-order valence-electron chi connectivity index (χ3n) is 3.19. The maximum Gasteiger partial charge on any atom is 0.234 e. The van der Waals surface area contributed by atoms with Crippen molar-refractivity contribution in [1.29, 1.82) is 0 Å². The Morgan fingerprint density at radius 3 is 2.16 bits per heavy atom. The highest BCUT2D eigenvalue weighted by molar-refractivity contribution is 5.80. The Kier molecular flexibility index (Phi) is 4.31. The van der Waals surface area contributed by atoms with E-state index in [1.54, 1.807) is 7.05 Å². The number of carbonyl (C=O) groups is 1. The van der Waals surface area contributed by atoms with Crippen LogP contribution in [0.5, 0.6) is 0 Å². The van der Waals surface area contributed by atoms with E-state index >= 15 is 0 Å². The summed E-state index contributed by atoms with van der Waals surface area (Å²) in [6.07, 6.45) is 0.612. The maximum absolute atomic E-state index is 11.2. The number of primary amides is 1. The molecule has 2 aromatic rings. The van der Waals surface area contributed by atoms with Crippen molar-refractivity contribution >= 4 is 5.91 Å². The van der Waals surface area contributed by atoms with Crippen LogP contribution >= 0.6 is 0 Å². The molecule has 0 unspecified atom stereocenters. The molecule has 3 heteroatoms. The van der Waals surface area contributed by atoms with Gasteiger partial charge in [0.1, 0.15) is 0 Å². The number of carbonyl (C=O) groups excluding carboxylic acids is 1. The van der Waals surface area contributed by atoms with Gasteiger partial charge in [0, 0.05) is 0 Å². The summed E-state index contributed by atoms with van der Waals surface area (Å²) in [5, 5.41) is 2.92. The Balaban J connectivity index is 2.13.